The number of hydrogen-bond donors (Lipinski definition) is 2. The van der Waals surface area contributed by atoms with Gasteiger partial charge in [-0.25, -0.2) is 9.59 Å². The molecule has 7 nitrogen and oxygen atoms in total. The van der Waals surface area contributed by atoms with Gasteiger partial charge in [0, 0.05) is 26.9 Å². The Morgan fingerprint density at radius 3 is 2.46 bits per heavy atom. The first kappa shape index (κ1) is 24.5. The topological polar surface area (TPSA) is 110 Å². The van der Waals surface area contributed by atoms with Gasteiger partial charge >= 0.3 is 11.6 Å². The van der Waals surface area contributed by atoms with E-state index in [1.165, 1.54) is 0 Å². The van der Waals surface area contributed by atoms with Gasteiger partial charge in [0.25, 0.3) is 0 Å². The van der Waals surface area contributed by atoms with Crippen LogP contribution in [0.15, 0.2) is 50.2 Å². The highest BCUT2D eigenvalue weighted by Gasteiger charge is 2.23. The molecule has 8 heteroatoms. The van der Waals surface area contributed by atoms with E-state index in [0.717, 1.165) is 22.9 Å². The van der Waals surface area contributed by atoms with Crippen molar-refractivity contribution in [3.63, 3.8) is 0 Å². The van der Waals surface area contributed by atoms with Crippen LogP contribution in [0.4, 0.5) is 0 Å². The number of rotatable bonds is 8. The molecular formula is C27H26ClNO6. The fraction of sp³-hybridized carbons (Fsp3) is 0.296. The molecule has 0 bridgehead atoms. The number of hydrogen-bond acceptors (Lipinski definition) is 5. The zero-order valence-electron chi connectivity index (χ0n) is 19.7. The lowest BCUT2D eigenvalue weighted by molar-refractivity contribution is -0.142. The minimum atomic E-state index is -1.10. The molecule has 2 aromatic carbocycles. The highest BCUT2D eigenvalue weighted by Crippen LogP contribution is 2.37. The molecule has 0 saturated heterocycles. The molecular weight excluding hydrogens is 470 g/mol. The first-order valence-electron chi connectivity index (χ1n) is 11.5. The van der Waals surface area contributed by atoms with Crippen LogP contribution in [0.5, 0.6) is 0 Å². The van der Waals surface area contributed by atoms with Crippen molar-refractivity contribution in [2.45, 2.75) is 52.5 Å². The maximum atomic E-state index is 12.8. The molecule has 0 aliphatic heterocycles. The van der Waals surface area contributed by atoms with Crippen molar-refractivity contribution in [3.05, 3.63) is 68.7 Å². The van der Waals surface area contributed by atoms with E-state index in [2.05, 4.69) is 5.32 Å². The van der Waals surface area contributed by atoms with Crippen LogP contribution < -0.4 is 10.9 Å². The molecule has 182 valence electrons. The van der Waals surface area contributed by atoms with Crippen LogP contribution in [0, 0.1) is 13.8 Å². The lowest BCUT2D eigenvalue weighted by Gasteiger charge is -2.15. The van der Waals surface area contributed by atoms with E-state index in [1.54, 1.807) is 25.3 Å². The summed E-state index contributed by atoms with van der Waals surface area (Å²) >= 11 is 6.03. The molecule has 0 saturated carbocycles. The van der Waals surface area contributed by atoms with Crippen LogP contribution in [0.2, 0.25) is 5.02 Å². The van der Waals surface area contributed by atoms with Gasteiger partial charge in [0.15, 0.2) is 0 Å². The number of carbonyl (C=O) groups is 2. The van der Waals surface area contributed by atoms with Gasteiger partial charge in [-0.15, -0.1) is 0 Å². The predicted molar refractivity (Wildman–Crippen MR) is 135 cm³/mol. The molecule has 1 atom stereocenters. The summed E-state index contributed by atoms with van der Waals surface area (Å²) in [6.45, 7) is 5.53. The van der Waals surface area contributed by atoms with E-state index >= 15 is 0 Å². The summed E-state index contributed by atoms with van der Waals surface area (Å²) < 4.78 is 11.5. The van der Waals surface area contributed by atoms with Crippen molar-refractivity contribution in [1.29, 1.82) is 0 Å². The number of aryl methyl sites for hydroxylation is 2. The fourth-order valence-electron chi connectivity index (χ4n) is 4.33. The number of nitrogens with one attached hydrogen (secondary N) is 1. The van der Waals surface area contributed by atoms with E-state index in [4.69, 9.17) is 20.4 Å². The lowest BCUT2D eigenvalue weighted by atomic mass is 9.97. The second kappa shape index (κ2) is 9.96. The maximum absolute atomic E-state index is 12.8. The normalized spacial score (nSPS) is 12.2. The number of furan rings is 1. The van der Waals surface area contributed by atoms with Gasteiger partial charge in [-0.3, -0.25) is 4.79 Å². The number of halogens is 1. The summed E-state index contributed by atoms with van der Waals surface area (Å²) in [6, 6.07) is 8.30. The van der Waals surface area contributed by atoms with E-state index in [9.17, 15) is 19.5 Å². The number of amides is 1. The molecule has 0 radical (unpaired) electrons. The summed E-state index contributed by atoms with van der Waals surface area (Å²) in [7, 11) is 0. The van der Waals surface area contributed by atoms with Crippen molar-refractivity contribution < 1.29 is 23.5 Å². The minimum Gasteiger partial charge on any atom is -0.480 e. The standard InChI is InChI=1S/C27H26ClNO6/c1-4-5-6-22(26(31)32)29-23(30)12-19-14(2)18-11-20-21(16-7-9-17(28)10-8-16)13-34-24(20)15(3)25(18)35-27(19)33/h7-11,13,22H,4-6,12H2,1-3H3,(H,29,30)(H,31,32). The maximum Gasteiger partial charge on any atom is 0.340 e. The average Bonchev–Trinajstić information content (AvgIpc) is 3.25. The lowest BCUT2D eigenvalue weighted by Crippen LogP contribution is -2.42. The molecule has 4 rings (SSSR count). The van der Waals surface area contributed by atoms with Gasteiger partial charge in [0.05, 0.1) is 18.2 Å². The van der Waals surface area contributed by atoms with Crippen molar-refractivity contribution in [1.82, 2.24) is 5.32 Å². The smallest absolute Gasteiger partial charge is 0.340 e. The van der Waals surface area contributed by atoms with E-state index < -0.39 is 23.5 Å². The third kappa shape index (κ3) is 4.82. The van der Waals surface area contributed by atoms with Gasteiger partial charge < -0.3 is 19.3 Å². The molecule has 0 fully saturated rings. The van der Waals surface area contributed by atoms with Crippen molar-refractivity contribution >= 4 is 45.4 Å². The van der Waals surface area contributed by atoms with Gasteiger partial charge in [-0.05, 0) is 49.6 Å². The van der Waals surface area contributed by atoms with Crippen molar-refractivity contribution in [2.24, 2.45) is 0 Å². The predicted octanol–water partition coefficient (Wildman–Crippen LogP) is 5.78. The average molecular weight is 496 g/mol. The first-order chi connectivity index (χ1) is 16.7. The Bertz CT molecular complexity index is 1480. The molecule has 0 aliphatic carbocycles. The zero-order valence-corrected chi connectivity index (χ0v) is 20.5. The fourth-order valence-corrected chi connectivity index (χ4v) is 4.45. The Morgan fingerprint density at radius 1 is 1.09 bits per heavy atom. The van der Waals surface area contributed by atoms with Crippen LogP contribution in [0.3, 0.4) is 0 Å². The molecule has 2 heterocycles. The molecule has 0 spiro atoms. The number of aliphatic carboxylic acids is 1. The highest BCUT2D eigenvalue weighted by molar-refractivity contribution is 6.30. The minimum absolute atomic E-state index is 0.199. The number of carbonyl (C=O) groups excluding carboxylic acids is 1. The number of carboxylic acids is 1. The third-order valence-electron chi connectivity index (χ3n) is 6.31. The van der Waals surface area contributed by atoms with Gasteiger partial charge in [-0.2, -0.15) is 0 Å². The Morgan fingerprint density at radius 2 is 1.80 bits per heavy atom. The second-order valence-electron chi connectivity index (χ2n) is 8.68. The van der Waals surface area contributed by atoms with Crippen LogP contribution in [0.25, 0.3) is 33.1 Å². The van der Waals surface area contributed by atoms with Crippen LogP contribution in [0.1, 0.15) is 42.9 Å². The van der Waals surface area contributed by atoms with Crippen molar-refractivity contribution in [3.8, 4) is 11.1 Å². The van der Waals surface area contributed by atoms with Gasteiger partial charge in [0.1, 0.15) is 17.2 Å². The van der Waals surface area contributed by atoms with Crippen LogP contribution in [-0.2, 0) is 16.0 Å². The third-order valence-corrected chi connectivity index (χ3v) is 6.57. The Labute approximate surface area is 206 Å². The summed E-state index contributed by atoms with van der Waals surface area (Å²) in [5.41, 5.74) is 3.66. The zero-order chi connectivity index (χ0) is 25.3. The largest absolute Gasteiger partial charge is 0.480 e. The van der Waals surface area contributed by atoms with E-state index in [1.807, 2.05) is 32.0 Å². The van der Waals surface area contributed by atoms with Gasteiger partial charge in [0.2, 0.25) is 5.91 Å². The van der Waals surface area contributed by atoms with Gasteiger partial charge in [-0.1, -0.05) is 43.5 Å². The molecule has 1 amide bonds. The van der Waals surface area contributed by atoms with E-state index in [-0.39, 0.29) is 12.0 Å². The SMILES string of the molecule is CCCCC(NC(=O)Cc1c(C)c2cc3c(-c4ccc(Cl)cc4)coc3c(C)c2oc1=O)C(=O)O. The molecule has 1 unspecified atom stereocenters. The molecule has 35 heavy (non-hydrogen) atoms. The summed E-state index contributed by atoms with van der Waals surface area (Å²) in [4.78, 5) is 37.0. The molecule has 2 aromatic heterocycles. The Hall–Kier alpha value is -3.58. The van der Waals surface area contributed by atoms with Crippen LogP contribution in [-0.4, -0.2) is 23.0 Å². The summed E-state index contributed by atoms with van der Waals surface area (Å²) in [6.07, 6.45) is 3.20. The first-order valence-corrected chi connectivity index (χ1v) is 11.8. The quantitative estimate of drug-likeness (QED) is 0.300. The Kier molecular flexibility index (Phi) is 6.98. The molecule has 0 aliphatic rings. The number of fused-ring (bicyclic) bond motifs is 2. The summed E-state index contributed by atoms with van der Waals surface area (Å²) in [5.74, 6) is -1.63. The number of unbranched alkanes of at least 4 members (excludes halogenated alkanes) is 1. The monoisotopic (exact) mass is 495 g/mol. The summed E-state index contributed by atoms with van der Waals surface area (Å²) in [5, 5.41) is 14.1. The van der Waals surface area contributed by atoms with Crippen molar-refractivity contribution in [2.75, 3.05) is 0 Å². The second-order valence-corrected chi connectivity index (χ2v) is 9.12. The molecule has 2 N–H and O–H groups in total. The number of carboxylic acid groups (broad SMARTS) is 1. The number of benzene rings is 2. The highest BCUT2D eigenvalue weighted by atomic mass is 35.5. The van der Waals surface area contributed by atoms with E-state index in [0.29, 0.717) is 45.5 Å². The molecule has 4 aromatic rings. The Balaban J connectivity index is 1.76. The van der Waals surface area contributed by atoms with Crippen LogP contribution >= 0.6 is 11.6 Å².